The Labute approximate surface area is 138 Å². The zero-order chi connectivity index (χ0) is 16.5. The first-order chi connectivity index (χ1) is 10.4. The van der Waals surface area contributed by atoms with E-state index in [0.29, 0.717) is 36.3 Å². The highest BCUT2D eigenvalue weighted by atomic mass is 79.9. The van der Waals surface area contributed by atoms with Gasteiger partial charge in [-0.25, -0.2) is 4.39 Å². The summed E-state index contributed by atoms with van der Waals surface area (Å²) in [5, 5.41) is 0. The number of halogens is 2. The number of rotatable bonds is 8. The van der Waals surface area contributed by atoms with Gasteiger partial charge in [0.1, 0.15) is 11.6 Å². The summed E-state index contributed by atoms with van der Waals surface area (Å²) in [4.78, 5) is 23.0. The molecule has 0 saturated carbocycles. The van der Waals surface area contributed by atoms with E-state index in [-0.39, 0.29) is 18.1 Å². The lowest BCUT2D eigenvalue weighted by Crippen LogP contribution is -2.11. The van der Waals surface area contributed by atoms with Crippen molar-refractivity contribution >= 4 is 27.9 Å². The third-order valence-corrected chi connectivity index (χ3v) is 3.33. The smallest absolute Gasteiger partial charge is 0.311 e. The van der Waals surface area contributed by atoms with Crippen LogP contribution < -0.4 is 4.74 Å². The molecule has 0 aliphatic heterocycles. The first-order valence-corrected chi connectivity index (χ1v) is 7.99. The maximum absolute atomic E-state index is 12.9. The summed E-state index contributed by atoms with van der Waals surface area (Å²) in [6.07, 6.45) is 1.59. The fraction of sp³-hybridized carbons (Fsp3) is 0.500. The van der Waals surface area contributed by atoms with Gasteiger partial charge in [-0.3, -0.25) is 9.59 Å². The molecule has 6 heteroatoms. The molecule has 0 bridgehead atoms. The molecule has 0 heterocycles. The number of hydrogen-bond donors (Lipinski definition) is 0. The Bertz CT molecular complexity index is 517. The zero-order valence-electron chi connectivity index (χ0n) is 12.7. The van der Waals surface area contributed by atoms with Gasteiger partial charge in [-0.1, -0.05) is 13.8 Å². The molecule has 22 heavy (non-hydrogen) atoms. The van der Waals surface area contributed by atoms with Crippen molar-refractivity contribution in [1.29, 1.82) is 0 Å². The first-order valence-electron chi connectivity index (χ1n) is 7.20. The van der Waals surface area contributed by atoms with Crippen LogP contribution in [0.3, 0.4) is 0 Å². The number of benzene rings is 1. The normalized spacial score (nSPS) is 10.6. The average Bonchev–Trinajstić information content (AvgIpc) is 2.44. The second-order valence-electron chi connectivity index (χ2n) is 5.33. The molecule has 0 fully saturated rings. The lowest BCUT2D eigenvalue weighted by atomic mass is 10.2. The van der Waals surface area contributed by atoms with E-state index in [1.54, 1.807) is 0 Å². The van der Waals surface area contributed by atoms with Crippen molar-refractivity contribution in [3.05, 3.63) is 28.5 Å². The van der Waals surface area contributed by atoms with Crippen LogP contribution in [-0.2, 0) is 14.3 Å². The van der Waals surface area contributed by atoms with Crippen LogP contribution in [-0.4, -0.2) is 18.5 Å². The average molecular weight is 375 g/mol. The van der Waals surface area contributed by atoms with Crippen LogP contribution in [0.15, 0.2) is 22.7 Å². The summed E-state index contributed by atoms with van der Waals surface area (Å²) in [6.45, 7) is 4.35. The Kier molecular flexibility index (Phi) is 8.09. The molecule has 0 unspecified atom stereocenters. The molecule has 0 aromatic heterocycles. The van der Waals surface area contributed by atoms with Gasteiger partial charge in [0, 0.05) is 12.8 Å². The predicted molar refractivity (Wildman–Crippen MR) is 84.0 cm³/mol. The Morgan fingerprint density at radius 1 is 1.18 bits per heavy atom. The molecule has 0 aliphatic rings. The third kappa shape index (κ3) is 7.54. The number of carbonyl (C=O) groups is 2. The molecule has 0 amide bonds. The molecule has 1 aromatic carbocycles. The molecule has 1 aromatic rings. The summed E-state index contributed by atoms with van der Waals surface area (Å²) in [6, 6.07) is 3.84. The molecule has 4 nitrogen and oxygen atoms in total. The minimum Gasteiger partial charge on any atom is -0.465 e. The maximum atomic E-state index is 12.9. The number of ether oxygens (including phenoxy) is 2. The van der Waals surface area contributed by atoms with Crippen molar-refractivity contribution < 1.29 is 23.5 Å². The molecule has 0 spiro atoms. The molecular weight excluding hydrogens is 355 g/mol. The molecule has 0 N–H and O–H groups in total. The summed E-state index contributed by atoms with van der Waals surface area (Å²) in [5.74, 6) is -0.478. The Morgan fingerprint density at radius 2 is 1.82 bits per heavy atom. The highest BCUT2D eigenvalue weighted by molar-refractivity contribution is 9.10. The molecule has 1 rings (SSSR count). The minimum atomic E-state index is -0.414. The molecule has 0 saturated heterocycles. The SMILES string of the molecule is CC(C)COC(=O)CCCCC(=O)Oc1ccc(F)cc1Br. The Morgan fingerprint density at radius 3 is 2.41 bits per heavy atom. The van der Waals surface area contributed by atoms with Crippen LogP contribution >= 0.6 is 15.9 Å². The third-order valence-electron chi connectivity index (χ3n) is 2.71. The number of esters is 2. The molecular formula is C16H20BrFO4. The number of carbonyl (C=O) groups excluding carboxylic acids is 2. The summed E-state index contributed by atoms with van der Waals surface area (Å²) in [7, 11) is 0. The fourth-order valence-electron chi connectivity index (χ4n) is 1.60. The van der Waals surface area contributed by atoms with E-state index in [9.17, 15) is 14.0 Å². The van der Waals surface area contributed by atoms with Gasteiger partial charge in [-0.15, -0.1) is 0 Å². The van der Waals surface area contributed by atoms with Gasteiger partial charge in [0.05, 0.1) is 11.1 Å². The summed E-state index contributed by atoms with van der Waals surface area (Å²) >= 11 is 3.13. The van der Waals surface area contributed by atoms with Gasteiger partial charge in [0.2, 0.25) is 0 Å². The topological polar surface area (TPSA) is 52.6 Å². The van der Waals surface area contributed by atoms with Crippen LogP contribution in [0.2, 0.25) is 0 Å². The largest absolute Gasteiger partial charge is 0.465 e. The van der Waals surface area contributed by atoms with Crippen molar-refractivity contribution in [3.63, 3.8) is 0 Å². The van der Waals surface area contributed by atoms with Gasteiger partial charge in [0.25, 0.3) is 0 Å². The molecule has 0 radical (unpaired) electrons. The standard InChI is InChI=1S/C16H20BrFO4/c1-11(2)10-21-15(19)5-3-4-6-16(20)22-14-8-7-12(18)9-13(14)17/h7-9,11H,3-6,10H2,1-2H3. The highest BCUT2D eigenvalue weighted by Crippen LogP contribution is 2.25. The molecule has 0 aliphatic carbocycles. The van der Waals surface area contributed by atoms with E-state index in [1.807, 2.05) is 13.8 Å². The molecule has 122 valence electrons. The number of unbranched alkanes of at least 4 members (excludes halogenated alkanes) is 1. The van der Waals surface area contributed by atoms with Crippen LogP contribution in [0.1, 0.15) is 39.5 Å². The van der Waals surface area contributed by atoms with Gasteiger partial charge in [-0.2, -0.15) is 0 Å². The van der Waals surface area contributed by atoms with Gasteiger partial charge < -0.3 is 9.47 Å². The van der Waals surface area contributed by atoms with Crippen LogP contribution in [0, 0.1) is 11.7 Å². The summed E-state index contributed by atoms with van der Waals surface area (Å²) in [5.41, 5.74) is 0. The Hall–Kier alpha value is -1.43. The monoisotopic (exact) mass is 374 g/mol. The highest BCUT2D eigenvalue weighted by Gasteiger charge is 2.10. The van der Waals surface area contributed by atoms with E-state index in [4.69, 9.17) is 9.47 Å². The van der Waals surface area contributed by atoms with Crippen molar-refractivity contribution in [1.82, 2.24) is 0 Å². The predicted octanol–water partition coefficient (Wildman–Crippen LogP) is 4.25. The number of hydrogen-bond acceptors (Lipinski definition) is 4. The molecule has 0 atom stereocenters. The van der Waals surface area contributed by atoms with Crippen LogP contribution in [0.5, 0.6) is 5.75 Å². The lowest BCUT2D eigenvalue weighted by Gasteiger charge is -2.07. The summed E-state index contributed by atoms with van der Waals surface area (Å²) < 4.78 is 23.4. The minimum absolute atomic E-state index is 0.196. The first kappa shape index (κ1) is 18.6. The van der Waals surface area contributed by atoms with Crippen molar-refractivity contribution in [2.75, 3.05) is 6.61 Å². The van der Waals surface area contributed by atoms with Gasteiger partial charge in [0.15, 0.2) is 0 Å². The second kappa shape index (κ2) is 9.56. The zero-order valence-corrected chi connectivity index (χ0v) is 14.3. The van der Waals surface area contributed by atoms with Crippen molar-refractivity contribution in [2.24, 2.45) is 5.92 Å². The van der Waals surface area contributed by atoms with Gasteiger partial charge >= 0.3 is 11.9 Å². The quantitative estimate of drug-likeness (QED) is 0.387. The van der Waals surface area contributed by atoms with E-state index in [1.165, 1.54) is 18.2 Å². The van der Waals surface area contributed by atoms with Crippen molar-refractivity contribution in [2.45, 2.75) is 39.5 Å². The van der Waals surface area contributed by atoms with Crippen LogP contribution in [0.25, 0.3) is 0 Å². The van der Waals surface area contributed by atoms with Gasteiger partial charge in [-0.05, 0) is 52.9 Å². The van der Waals surface area contributed by atoms with E-state index in [2.05, 4.69) is 15.9 Å². The van der Waals surface area contributed by atoms with E-state index < -0.39 is 11.8 Å². The van der Waals surface area contributed by atoms with Crippen LogP contribution in [0.4, 0.5) is 4.39 Å². The van der Waals surface area contributed by atoms with Crippen molar-refractivity contribution in [3.8, 4) is 5.75 Å². The van der Waals surface area contributed by atoms with E-state index >= 15 is 0 Å². The lowest BCUT2D eigenvalue weighted by molar-refractivity contribution is -0.145. The maximum Gasteiger partial charge on any atom is 0.311 e. The second-order valence-corrected chi connectivity index (χ2v) is 6.19. The van der Waals surface area contributed by atoms with E-state index in [0.717, 1.165) is 0 Å². The Balaban J connectivity index is 2.22. The fourth-order valence-corrected chi connectivity index (χ4v) is 2.03.